The zero-order valence-electron chi connectivity index (χ0n) is 18.7. The van der Waals surface area contributed by atoms with Crippen LogP contribution in [0.5, 0.6) is 0 Å². The van der Waals surface area contributed by atoms with Crippen molar-refractivity contribution < 1.29 is 9.90 Å². The van der Waals surface area contributed by atoms with Crippen molar-refractivity contribution in [3.8, 4) is 0 Å². The van der Waals surface area contributed by atoms with Gasteiger partial charge in [0.15, 0.2) is 5.60 Å². The van der Waals surface area contributed by atoms with E-state index in [-0.39, 0.29) is 17.9 Å². The van der Waals surface area contributed by atoms with Gasteiger partial charge in [0.1, 0.15) is 0 Å². The lowest BCUT2D eigenvalue weighted by molar-refractivity contribution is -0.142. The predicted molar refractivity (Wildman–Crippen MR) is 120 cm³/mol. The average molecular weight is 403 g/mol. The Bertz CT molecular complexity index is 586. The van der Waals surface area contributed by atoms with E-state index >= 15 is 0 Å². The van der Waals surface area contributed by atoms with Gasteiger partial charge in [-0.1, -0.05) is 51.3 Å². The van der Waals surface area contributed by atoms with Crippen LogP contribution in [0.25, 0.3) is 0 Å². The molecule has 2 N–H and O–H groups in total. The minimum atomic E-state index is -1.31. The molecular formula is C25H42N2O2. The summed E-state index contributed by atoms with van der Waals surface area (Å²) in [6, 6.07) is 0.195. The number of hydrogen-bond acceptors (Lipinski definition) is 3. The Morgan fingerprint density at radius 3 is 2.62 bits per heavy atom. The Labute approximate surface area is 177 Å². The maximum Gasteiger partial charge on any atom is 0.256 e. The molecule has 2 fully saturated rings. The first-order valence-corrected chi connectivity index (χ1v) is 12.2. The molecule has 0 radical (unpaired) electrons. The van der Waals surface area contributed by atoms with Crippen molar-refractivity contribution in [2.24, 2.45) is 11.8 Å². The number of likely N-dealkylation sites (tertiary alicyclic amines) is 1. The molecule has 1 saturated heterocycles. The van der Waals surface area contributed by atoms with E-state index in [4.69, 9.17) is 0 Å². The van der Waals surface area contributed by atoms with Gasteiger partial charge < -0.3 is 15.3 Å². The zero-order chi connectivity index (χ0) is 20.7. The van der Waals surface area contributed by atoms with Gasteiger partial charge in [-0.25, -0.2) is 0 Å². The van der Waals surface area contributed by atoms with Crippen LogP contribution in [0.1, 0.15) is 84.5 Å². The van der Waals surface area contributed by atoms with Gasteiger partial charge in [0.2, 0.25) is 0 Å². The summed E-state index contributed by atoms with van der Waals surface area (Å²) in [4.78, 5) is 15.9. The van der Waals surface area contributed by atoms with E-state index in [9.17, 15) is 9.90 Å². The lowest BCUT2D eigenvalue weighted by Gasteiger charge is -2.39. The largest absolute Gasteiger partial charge is 0.375 e. The Hall–Kier alpha value is -1.13. The first-order chi connectivity index (χ1) is 14.0. The molecule has 4 nitrogen and oxygen atoms in total. The van der Waals surface area contributed by atoms with Crippen molar-refractivity contribution in [1.29, 1.82) is 0 Å². The van der Waals surface area contributed by atoms with E-state index in [1.165, 1.54) is 25.8 Å². The fourth-order valence-electron chi connectivity index (χ4n) is 5.32. The highest BCUT2D eigenvalue weighted by molar-refractivity contribution is 5.89. The van der Waals surface area contributed by atoms with E-state index in [1.807, 2.05) is 12.2 Å². The van der Waals surface area contributed by atoms with Gasteiger partial charge in [-0.05, 0) is 69.4 Å². The van der Waals surface area contributed by atoms with E-state index in [0.29, 0.717) is 0 Å². The summed E-state index contributed by atoms with van der Waals surface area (Å²) >= 11 is 0. The highest BCUT2D eigenvalue weighted by Crippen LogP contribution is 2.41. The molecule has 2 atom stereocenters. The van der Waals surface area contributed by atoms with Crippen LogP contribution in [0.15, 0.2) is 23.8 Å². The quantitative estimate of drug-likeness (QED) is 0.593. The topological polar surface area (TPSA) is 52.6 Å². The molecule has 2 aliphatic carbocycles. The number of nitrogens with zero attached hydrogens (tertiary/aromatic N) is 1. The number of nitrogens with one attached hydrogen (secondary N) is 1. The summed E-state index contributed by atoms with van der Waals surface area (Å²) in [5.41, 5.74) is -0.388. The molecule has 1 heterocycles. The summed E-state index contributed by atoms with van der Waals surface area (Å²) in [7, 11) is 0. The number of aliphatic hydroxyl groups is 1. The molecule has 0 spiro atoms. The first kappa shape index (κ1) is 22.6. The van der Waals surface area contributed by atoms with E-state index in [1.54, 1.807) is 0 Å². The number of carbonyl (C=O) groups excluding carboxylic acids is 1. The van der Waals surface area contributed by atoms with Crippen LogP contribution in [0, 0.1) is 11.8 Å². The predicted octanol–water partition coefficient (Wildman–Crippen LogP) is 4.59. The van der Waals surface area contributed by atoms with Crippen molar-refractivity contribution in [3.05, 3.63) is 23.8 Å². The minimum absolute atomic E-state index is 0.0703. The second-order valence-electron chi connectivity index (χ2n) is 9.65. The SMILES string of the molecule is CC[C@H](C)CCCN1CCC(NC(=O)C(O)(C2=CC=CCC2)C2CCCC2)CC1. The number of rotatable bonds is 9. The molecule has 1 aliphatic heterocycles. The van der Waals surface area contributed by atoms with Crippen LogP contribution < -0.4 is 5.32 Å². The second kappa shape index (κ2) is 10.8. The van der Waals surface area contributed by atoms with Crippen molar-refractivity contribution in [2.45, 2.75) is 96.1 Å². The number of hydrogen-bond donors (Lipinski definition) is 2. The van der Waals surface area contributed by atoms with Gasteiger partial charge in [-0.15, -0.1) is 0 Å². The average Bonchev–Trinajstić information content (AvgIpc) is 3.30. The zero-order valence-corrected chi connectivity index (χ0v) is 18.7. The third-order valence-corrected chi connectivity index (χ3v) is 7.59. The summed E-state index contributed by atoms with van der Waals surface area (Å²) in [5, 5.41) is 14.9. The number of allylic oxidation sites excluding steroid dienone is 3. The third-order valence-electron chi connectivity index (χ3n) is 7.59. The lowest BCUT2D eigenvalue weighted by Crippen LogP contribution is -2.56. The fraction of sp³-hybridized carbons (Fsp3) is 0.800. The fourth-order valence-corrected chi connectivity index (χ4v) is 5.32. The van der Waals surface area contributed by atoms with Crippen molar-refractivity contribution in [3.63, 3.8) is 0 Å². The molecule has 164 valence electrons. The monoisotopic (exact) mass is 402 g/mol. The Morgan fingerprint density at radius 2 is 2.00 bits per heavy atom. The normalized spacial score (nSPS) is 24.9. The summed E-state index contributed by atoms with van der Waals surface area (Å²) < 4.78 is 0. The first-order valence-electron chi connectivity index (χ1n) is 12.2. The van der Waals surface area contributed by atoms with Crippen LogP contribution >= 0.6 is 0 Å². The molecule has 0 aromatic heterocycles. The molecule has 0 aromatic carbocycles. The molecule has 4 heteroatoms. The Kier molecular flexibility index (Phi) is 8.37. The van der Waals surface area contributed by atoms with Crippen molar-refractivity contribution >= 4 is 5.91 Å². The van der Waals surface area contributed by atoms with Crippen molar-refractivity contribution in [1.82, 2.24) is 10.2 Å². The maximum atomic E-state index is 13.3. The molecule has 3 aliphatic rings. The standard InChI is InChI=1S/C25H42N2O2/c1-3-20(2)10-9-17-27-18-15-23(16-19-27)26-24(28)25(29,22-13-7-8-14-22)21-11-5-4-6-12-21/h4-5,11,20,22-23,29H,3,6-10,12-19H2,1-2H3,(H,26,28)/t20-,25?/m0/s1. The molecule has 1 unspecified atom stereocenters. The van der Waals surface area contributed by atoms with Crippen LogP contribution in [0.3, 0.4) is 0 Å². The lowest BCUT2D eigenvalue weighted by atomic mass is 9.76. The molecule has 1 amide bonds. The van der Waals surface area contributed by atoms with E-state index in [2.05, 4.69) is 30.1 Å². The number of amides is 1. The van der Waals surface area contributed by atoms with Gasteiger partial charge in [0.05, 0.1) is 0 Å². The second-order valence-corrected chi connectivity index (χ2v) is 9.65. The smallest absolute Gasteiger partial charge is 0.256 e. The summed E-state index contributed by atoms with van der Waals surface area (Å²) in [5.74, 6) is 0.756. The van der Waals surface area contributed by atoms with Crippen LogP contribution in [-0.4, -0.2) is 47.2 Å². The molecule has 0 aromatic rings. The van der Waals surface area contributed by atoms with E-state index < -0.39 is 5.60 Å². The molecule has 0 bridgehead atoms. The Balaban J connectivity index is 1.53. The van der Waals surface area contributed by atoms with Crippen LogP contribution in [0.2, 0.25) is 0 Å². The maximum absolute atomic E-state index is 13.3. The van der Waals surface area contributed by atoms with Crippen molar-refractivity contribution in [2.75, 3.05) is 19.6 Å². The highest BCUT2D eigenvalue weighted by Gasteiger charge is 2.48. The molecule has 29 heavy (non-hydrogen) atoms. The van der Waals surface area contributed by atoms with Crippen LogP contribution in [0.4, 0.5) is 0 Å². The molecule has 1 saturated carbocycles. The number of carbonyl (C=O) groups is 1. The van der Waals surface area contributed by atoms with Gasteiger partial charge in [0.25, 0.3) is 5.91 Å². The summed E-state index contributed by atoms with van der Waals surface area (Å²) in [6.07, 6.45) is 17.8. The summed E-state index contributed by atoms with van der Waals surface area (Å²) in [6.45, 7) is 7.89. The number of piperidine rings is 1. The third kappa shape index (κ3) is 5.73. The van der Waals surface area contributed by atoms with Gasteiger partial charge in [-0.3, -0.25) is 4.79 Å². The highest BCUT2D eigenvalue weighted by atomic mass is 16.3. The van der Waals surface area contributed by atoms with Gasteiger partial charge in [-0.2, -0.15) is 0 Å². The molecule has 3 rings (SSSR count). The van der Waals surface area contributed by atoms with Crippen LogP contribution in [-0.2, 0) is 4.79 Å². The van der Waals surface area contributed by atoms with Gasteiger partial charge >= 0.3 is 0 Å². The molecular weight excluding hydrogens is 360 g/mol. The minimum Gasteiger partial charge on any atom is -0.375 e. The Morgan fingerprint density at radius 1 is 1.28 bits per heavy atom. The van der Waals surface area contributed by atoms with E-state index in [0.717, 1.165) is 75.9 Å². The van der Waals surface area contributed by atoms with Gasteiger partial charge in [0, 0.05) is 25.0 Å².